The maximum atomic E-state index is 11.2. The number of fused-ring (bicyclic) bond motifs is 1. The lowest BCUT2D eigenvalue weighted by molar-refractivity contribution is -0.131. The second-order valence-corrected chi connectivity index (χ2v) is 8.46. The van der Waals surface area contributed by atoms with Gasteiger partial charge in [-0.25, -0.2) is 4.79 Å². The van der Waals surface area contributed by atoms with Gasteiger partial charge in [-0.3, -0.25) is 0 Å². The zero-order valence-corrected chi connectivity index (χ0v) is 19.8. The number of nitrogens with one attached hydrogen (secondary N) is 1. The van der Waals surface area contributed by atoms with Crippen LogP contribution in [0.15, 0.2) is 42.6 Å². The molecular weight excluding hydrogens is 398 g/mol. The van der Waals surface area contributed by atoms with Gasteiger partial charge < -0.3 is 14.8 Å². The molecule has 0 spiro atoms. The summed E-state index contributed by atoms with van der Waals surface area (Å²) < 4.78 is 6.39. The first-order chi connectivity index (χ1) is 15.5. The highest BCUT2D eigenvalue weighted by molar-refractivity contribution is 6.00. The van der Waals surface area contributed by atoms with Crippen LogP contribution in [0.2, 0.25) is 0 Å². The molecule has 170 valence electrons. The van der Waals surface area contributed by atoms with E-state index >= 15 is 0 Å². The van der Waals surface area contributed by atoms with Crippen molar-refractivity contribution in [2.24, 2.45) is 0 Å². The molecule has 3 aromatic rings. The molecule has 0 amide bonds. The Kier molecular flexibility index (Phi) is 8.15. The highest BCUT2D eigenvalue weighted by atomic mass is 16.5. The Morgan fingerprint density at radius 3 is 2.50 bits per heavy atom. The summed E-state index contributed by atoms with van der Waals surface area (Å²) in [7, 11) is 0. The largest absolute Gasteiger partial charge is 0.493 e. The van der Waals surface area contributed by atoms with Gasteiger partial charge in [-0.1, -0.05) is 52.2 Å². The van der Waals surface area contributed by atoms with E-state index in [-0.39, 0.29) is 0 Å². The predicted molar refractivity (Wildman–Crippen MR) is 133 cm³/mol. The normalized spacial score (nSPS) is 11.8. The Morgan fingerprint density at radius 2 is 1.81 bits per heavy atom. The molecule has 0 aliphatic rings. The molecule has 3 rings (SSSR count). The molecule has 0 unspecified atom stereocenters. The van der Waals surface area contributed by atoms with E-state index < -0.39 is 5.97 Å². The molecule has 1 heterocycles. The molecule has 0 aliphatic carbocycles. The van der Waals surface area contributed by atoms with Crippen molar-refractivity contribution in [3.63, 3.8) is 0 Å². The molecule has 0 saturated heterocycles. The molecule has 0 radical (unpaired) electrons. The second kappa shape index (κ2) is 11.0. The molecule has 32 heavy (non-hydrogen) atoms. The Hall–Kier alpha value is -3.01. The average Bonchev–Trinajstić information content (AvgIpc) is 3.18. The summed E-state index contributed by atoms with van der Waals surface area (Å²) in [5.41, 5.74) is 7.51. The van der Waals surface area contributed by atoms with Crippen LogP contribution in [0.4, 0.5) is 0 Å². The Balaban J connectivity index is 2.20. The number of carbonyl (C=O) groups is 1. The molecule has 2 aromatic carbocycles. The third-order valence-corrected chi connectivity index (χ3v) is 5.80. The van der Waals surface area contributed by atoms with Gasteiger partial charge in [-0.05, 0) is 66.6 Å². The van der Waals surface area contributed by atoms with Crippen molar-refractivity contribution in [3.8, 4) is 16.9 Å². The minimum absolute atomic E-state index is 0.710. The number of aryl methyl sites for hydroxylation is 2. The molecule has 0 saturated carbocycles. The molecule has 1 aromatic heterocycles. The number of ether oxygens (including phenoxy) is 1. The summed E-state index contributed by atoms with van der Waals surface area (Å²) in [5, 5.41) is 10.2. The molecular formula is C28H35NO3. The highest BCUT2D eigenvalue weighted by Gasteiger charge is 2.17. The first kappa shape index (κ1) is 23.6. The van der Waals surface area contributed by atoms with Gasteiger partial charge >= 0.3 is 5.97 Å². The molecule has 2 N–H and O–H groups in total. The number of aromatic amines is 1. The maximum absolute atomic E-state index is 11.2. The van der Waals surface area contributed by atoms with Crippen molar-refractivity contribution in [2.45, 2.75) is 66.2 Å². The summed E-state index contributed by atoms with van der Waals surface area (Å²) in [6, 6.07) is 10.7. The van der Waals surface area contributed by atoms with E-state index in [1.807, 2.05) is 19.1 Å². The van der Waals surface area contributed by atoms with Gasteiger partial charge in [0.05, 0.1) is 6.61 Å². The van der Waals surface area contributed by atoms with Crippen LogP contribution in [0, 0.1) is 0 Å². The van der Waals surface area contributed by atoms with E-state index in [4.69, 9.17) is 9.84 Å². The van der Waals surface area contributed by atoms with E-state index in [0.29, 0.717) is 6.61 Å². The number of unbranched alkanes of at least 4 members (excludes halogenated alkanes) is 1. The number of hydrogen-bond donors (Lipinski definition) is 2. The lowest BCUT2D eigenvalue weighted by Gasteiger charge is -2.18. The monoisotopic (exact) mass is 433 g/mol. The summed E-state index contributed by atoms with van der Waals surface area (Å²) in [6.07, 6.45) is 9.62. The van der Waals surface area contributed by atoms with Crippen LogP contribution in [0.1, 0.15) is 70.1 Å². The van der Waals surface area contributed by atoms with Crippen LogP contribution >= 0.6 is 0 Å². The Bertz CT molecular complexity index is 1110. The van der Waals surface area contributed by atoms with Crippen LogP contribution in [0.3, 0.4) is 0 Å². The van der Waals surface area contributed by atoms with Crippen molar-refractivity contribution in [3.05, 3.63) is 59.3 Å². The number of allylic oxidation sites excluding steroid dienone is 1. The molecule has 0 bridgehead atoms. The second-order valence-electron chi connectivity index (χ2n) is 8.46. The number of carboxylic acid groups (broad SMARTS) is 1. The van der Waals surface area contributed by atoms with E-state index in [9.17, 15) is 4.79 Å². The predicted octanol–water partition coefficient (Wildman–Crippen LogP) is 7.41. The van der Waals surface area contributed by atoms with Crippen LogP contribution in [0.5, 0.6) is 5.75 Å². The van der Waals surface area contributed by atoms with Crippen molar-refractivity contribution in [2.75, 3.05) is 6.61 Å². The zero-order valence-electron chi connectivity index (χ0n) is 19.8. The molecule has 4 heteroatoms. The standard InChI is InChI=1S/C28H35NO3/c1-5-8-13-32-28-22(10-7-3)15-20(9-6-2)16-24(28)25-18-29-26-12-11-21(17-23(25)26)19(4)14-27(30)31/h11-12,14-18,29H,5-10,13H2,1-4H3,(H,30,31). The van der Waals surface area contributed by atoms with E-state index in [2.05, 4.69) is 50.2 Å². The lowest BCUT2D eigenvalue weighted by atomic mass is 9.93. The summed E-state index contributed by atoms with van der Waals surface area (Å²) in [6.45, 7) is 9.14. The first-order valence-electron chi connectivity index (χ1n) is 11.8. The third-order valence-electron chi connectivity index (χ3n) is 5.80. The maximum Gasteiger partial charge on any atom is 0.328 e. The average molecular weight is 434 g/mol. The molecule has 0 fully saturated rings. The van der Waals surface area contributed by atoms with Crippen LogP contribution in [-0.4, -0.2) is 22.7 Å². The van der Waals surface area contributed by atoms with E-state index in [1.54, 1.807) is 0 Å². The summed E-state index contributed by atoms with van der Waals surface area (Å²) in [5.74, 6) is 0.0595. The first-order valence-corrected chi connectivity index (χ1v) is 11.8. The van der Waals surface area contributed by atoms with Crippen molar-refractivity contribution < 1.29 is 14.6 Å². The minimum Gasteiger partial charge on any atom is -0.493 e. The van der Waals surface area contributed by atoms with Crippen molar-refractivity contribution >= 4 is 22.4 Å². The number of hydrogen-bond acceptors (Lipinski definition) is 2. The van der Waals surface area contributed by atoms with Gasteiger partial charge in [0.2, 0.25) is 0 Å². The van der Waals surface area contributed by atoms with Crippen molar-refractivity contribution in [1.82, 2.24) is 4.98 Å². The van der Waals surface area contributed by atoms with Gasteiger partial charge in [-0.15, -0.1) is 0 Å². The van der Waals surface area contributed by atoms with Crippen LogP contribution < -0.4 is 4.74 Å². The van der Waals surface area contributed by atoms with E-state index in [0.717, 1.165) is 77.4 Å². The smallest absolute Gasteiger partial charge is 0.328 e. The third kappa shape index (κ3) is 5.42. The number of aromatic nitrogens is 1. The Labute approximate surface area is 191 Å². The van der Waals surface area contributed by atoms with Gasteiger partial charge in [0.15, 0.2) is 0 Å². The van der Waals surface area contributed by atoms with Gasteiger partial charge in [-0.2, -0.15) is 0 Å². The fourth-order valence-corrected chi connectivity index (χ4v) is 4.19. The fourth-order valence-electron chi connectivity index (χ4n) is 4.19. The molecule has 4 nitrogen and oxygen atoms in total. The number of aliphatic carboxylic acids is 1. The minimum atomic E-state index is -0.931. The summed E-state index contributed by atoms with van der Waals surface area (Å²) >= 11 is 0. The molecule has 0 aliphatic heterocycles. The highest BCUT2D eigenvalue weighted by Crippen LogP contribution is 2.40. The number of rotatable bonds is 11. The lowest BCUT2D eigenvalue weighted by Crippen LogP contribution is -2.03. The Morgan fingerprint density at radius 1 is 1.03 bits per heavy atom. The molecule has 0 atom stereocenters. The van der Waals surface area contributed by atoms with Crippen LogP contribution in [-0.2, 0) is 17.6 Å². The number of carboxylic acids is 1. The van der Waals surface area contributed by atoms with Gasteiger partial charge in [0, 0.05) is 34.3 Å². The topological polar surface area (TPSA) is 62.3 Å². The van der Waals surface area contributed by atoms with E-state index in [1.165, 1.54) is 17.2 Å². The quantitative estimate of drug-likeness (QED) is 0.244. The van der Waals surface area contributed by atoms with Crippen molar-refractivity contribution in [1.29, 1.82) is 0 Å². The van der Waals surface area contributed by atoms with Crippen LogP contribution in [0.25, 0.3) is 27.6 Å². The zero-order chi connectivity index (χ0) is 23.1. The SMILES string of the molecule is CCCCOc1c(CCC)cc(CCC)cc1-c1c[nH]c2ccc(C(C)=CC(=O)O)cc12. The number of H-pyrrole nitrogens is 1. The number of benzene rings is 2. The summed E-state index contributed by atoms with van der Waals surface area (Å²) in [4.78, 5) is 14.6. The fraction of sp³-hybridized carbons (Fsp3) is 0.393. The van der Waals surface area contributed by atoms with Gasteiger partial charge in [0.25, 0.3) is 0 Å². The van der Waals surface area contributed by atoms with Gasteiger partial charge in [0.1, 0.15) is 5.75 Å².